The van der Waals surface area contributed by atoms with Gasteiger partial charge in [-0.25, -0.2) is 8.42 Å². The van der Waals surface area contributed by atoms with E-state index < -0.39 is 9.84 Å². The highest BCUT2D eigenvalue weighted by Gasteiger charge is 2.29. The first-order valence-corrected chi connectivity index (χ1v) is 11.2. The van der Waals surface area contributed by atoms with E-state index in [2.05, 4.69) is 36.2 Å². The van der Waals surface area contributed by atoms with Crippen LogP contribution in [0.3, 0.4) is 0 Å². The monoisotopic (exact) mass is 507 g/mol. The van der Waals surface area contributed by atoms with E-state index in [1.54, 1.807) is 0 Å². The zero-order valence-electron chi connectivity index (χ0n) is 16.1. The second-order valence-corrected chi connectivity index (χ2v) is 9.35. The van der Waals surface area contributed by atoms with Crippen LogP contribution in [0, 0.1) is 12.8 Å². The van der Waals surface area contributed by atoms with Gasteiger partial charge in [0, 0.05) is 19.6 Å². The predicted octanol–water partition coefficient (Wildman–Crippen LogP) is 2.39. The number of halogens is 1. The highest BCUT2D eigenvalue weighted by Crippen LogP contribution is 2.25. The molecule has 152 valence electrons. The third-order valence-electron chi connectivity index (χ3n) is 5.06. The molecule has 0 amide bonds. The molecule has 2 aliphatic heterocycles. The Balaban J connectivity index is 0.00000261. The summed E-state index contributed by atoms with van der Waals surface area (Å²) in [6, 6.07) is 8.32. The first-order valence-electron chi connectivity index (χ1n) is 9.39. The zero-order chi connectivity index (χ0) is 18.6. The van der Waals surface area contributed by atoms with E-state index >= 15 is 0 Å². The van der Waals surface area contributed by atoms with Gasteiger partial charge in [0.25, 0.3) is 0 Å². The number of ether oxygens (including phenoxy) is 1. The summed E-state index contributed by atoms with van der Waals surface area (Å²) in [5.74, 6) is 1.57. The van der Waals surface area contributed by atoms with E-state index in [4.69, 9.17) is 9.73 Å². The topological polar surface area (TPSA) is 71.0 Å². The quantitative estimate of drug-likeness (QED) is 0.385. The molecule has 6 nitrogen and oxygen atoms in total. The summed E-state index contributed by atoms with van der Waals surface area (Å²) in [4.78, 5) is 6.98. The average Bonchev–Trinajstić information content (AvgIpc) is 2.98. The summed E-state index contributed by atoms with van der Waals surface area (Å²) < 4.78 is 29.3. The Hall–Kier alpha value is -0.870. The van der Waals surface area contributed by atoms with Crippen LogP contribution >= 0.6 is 24.0 Å². The molecule has 2 heterocycles. The number of aliphatic imine (C=N–C) groups is 1. The van der Waals surface area contributed by atoms with E-state index in [9.17, 15) is 8.42 Å². The molecule has 1 N–H and O–H groups in total. The lowest BCUT2D eigenvalue weighted by atomic mass is 10.0. The number of aryl methyl sites for hydroxylation is 1. The van der Waals surface area contributed by atoms with Crippen molar-refractivity contribution in [3.8, 4) is 0 Å². The Morgan fingerprint density at radius 2 is 2.15 bits per heavy atom. The predicted molar refractivity (Wildman–Crippen MR) is 120 cm³/mol. The van der Waals surface area contributed by atoms with Crippen LogP contribution in [0.25, 0.3) is 0 Å². The number of guanidine groups is 1. The van der Waals surface area contributed by atoms with Gasteiger partial charge in [-0.05, 0) is 37.3 Å². The Morgan fingerprint density at radius 3 is 2.81 bits per heavy atom. The summed E-state index contributed by atoms with van der Waals surface area (Å²) in [5.41, 5.74) is 2.45. The van der Waals surface area contributed by atoms with E-state index in [0.29, 0.717) is 18.9 Å². The van der Waals surface area contributed by atoms with Crippen LogP contribution in [0.2, 0.25) is 0 Å². The number of hydrogen-bond acceptors (Lipinski definition) is 4. The highest BCUT2D eigenvalue weighted by molar-refractivity contribution is 14.0. The Labute approximate surface area is 179 Å². The van der Waals surface area contributed by atoms with Crippen molar-refractivity contribution >= 4 is 39.8 Å². The largest absolute Gasteiger partial charge is 0.370 e. The molecule has 0 saturated carbocycles. The van der Waals surface area contributed by atoms with Gasteiger partial charge in [-0.1, -0.05) is 24.3 Å². The number of nitrogens with one attached hydrogen (secondary N) is 1. The molecule has 2 aliphatic rings. The summed E-state index contributed by atoms with van der Waals surface area (Å²) >= 11 is 0. The molecule has 8 heteroatoms. The maximum Gasteiger partial charge on any atom is 0.194 e. The highest BCUT2D eigenvalue weighted by atomic mass is 127. The third kappa shape index (κ3) is 6.05. The van der Waals surface area contributed by atoms with Gasteiger partial charge in [-0.3, -0.25) is 4.99 Å². The minimum Gasteiger partial charge on any atom is -0.370 e. The van der Waals surface area contributed by atoms with Crippen LogP contribution in [0.1, 0.15) is 30.6 Å². The fourth-order valence-electron chi connectivity index (χ4n) is 3.64. The van der Waals surface area contributed by atoms with E-state index in [0.717, 1.165) is 32.0 Å². The van der Waals surface area contributed by atoms with Crippen molar-refractivity contribution in [1.29, 1.82) is 0 Å². The summed E-state index contributed by atoms with van der Waals surface area (Å²) in [6.07, 6.45) is 0.751. The van der Waals surface area contributed by atoms with Gasteiger partial charge in [0.05, 0.1) is 24.7 Å². The van der Waals surface area contributed by atoms with Crippen molar-refractivity contribution in [3.05, 3.63) is 35.4 Å². The molecular formula is C19H30IN3O3S. The van der Waals surface area contributed by atoms with Gasteiger partial charge in [-0.2, -0.15) is 0 Å². The fourth-order valence-corrected chi connectivity index (χ4v) is 5.48. The minimum absolute atomic E-state index is 0. The molecule has 2 saturated heterocycles. The van der Waals surface area contributed by atoms with Gasteiger partial charge in [-0.15, -0.1) is 24.0 Å². The van der Waals surface area contributed by atoms with Crippen LogP contribution in [0.5, 0.6) is 0 Å². The summed E-state index contributed by atoms with van der Waals surface area (Å²) in [7, 11) is -2.85. The van der Waals surface area contributed by atoms with Crippen molar-refractivity contribution in [2.45, 2.75) is 26.4 Å². The fraction of sp³-hybridized carbons (Fsp3) is 0.632. The molecular weight excluding hydrogens is 477 g/mol. The van der Waals surface area contributed by atoms with Crippen LogP contribution in [0.15, 0.2) is 29.3 Å². The van der Waals surface area contributed by atoms with Gasteiger partial charge in [0.1, 0.15) is 6.10 Å². The van der Waals surface area contributed by atoms with Crippen LogP contribution in [0.4, 0.5) is 0 Å². The lowest BCUT2D eigenvalue weighted by Gasteiger charge is -2.36. The minimum atomic E-state index is -2.85. The van der Waals surface area contributed by atoms with Crippen molar-refractivity contribution < 1.29 is 13.2 Å². The lowest BCUT2D eigenvalue weighted by molar-refractivity contribution is -0.00834. The maximum atomic E-state index is 11.7. The SMILES string of the molecule is CCNC(=NCC1CCS(=O)(=O)C1)N1CCOC(c2ccccc2C)C1.I. The summed E-state index contributed by atoms with van der Waals surface area (Å²) in [5, 5.41) is 3.35. The molecule has 3 rings (SSSR count). The molecule has 2 unspecified atom stereocenters. The van der Waals surface area contributed by atoms with Gasteiger partial charge < -0.3 is 15.0 Å². The third-order valence-corrected chi connectivity index (χ3v) is 6.90. The zero-order valence-corrected chi connectivity index (χ0v) is 19.2. The van der Waals surface area contributed by atoms with Gasteiger partial charge >= 0.3 is 0 Å². The smallest absolute Gasteiger partial charge is 0.194 e. The molecule has 0 aromatic heterocycles. The normalized spacial score (nSPS) is 25.1. The number of rotatable bonds is 4. The van der Waals surface area contributed by atoms with E-state index in [-0.39, 0.29) is 41.8 Å². The van der Waals surface area contributed by atoms with E-state index in [1.165, 1.54) is 11.1 Å². The number of hydrogen-bond donors (Lipinski definition) is 1. The first kappa shape index (κ1) is 22.4. The van der Waals surface area contributed by atoms with Crippen LogP contribution in [-0.2, 0) is 14.6 Å². The molecule has 0 radical (unpaired) electrons. The lowest BCUT2D eigenvalue weighted by Crippen LogP contribution is -2.48. The first-order chi connectivity index (χ1) is 12.5. The average molecular weight is 507 g/mol. The number of sulfone groups is 1. The van der Waals surface area contributed by atoms with E-state index in [1.807, 2.05) is 12.1 Å². The Bertz CT molecular complexity index is 754. The molecule has 0 bridgehead atoms. The second kappa shape index (κ2) is 10.1. The maximum absolute atomic E-state index is 11.7. The number of nitrogens with zero attached hydrogens (tertiary/aromatic N) is 2. The van der Waals surface area contributed by atoms with Crippen molar-refractivity contribution in [2.24, 2.45) is 10.9 Å². The Kier molecular flexibility index (Phi) is 8.36. The standard InChI is InChI=1S/C19H29N3O3S.HI/c1-3-20-19(21-12-16-8-11-26(23,24)14-16)22-9-10-25-18(13-22)17-7-5-4-6-15(17)2;/h4-7,16,18H,3,8-14H2,1-2H3,(H,20,21);1H. The number of benzene rings is 1. The molecule has 2 fully saturated rings. The molecule has 27 heavy (non-hydrogen) atoms. The van der Waals surface area contributed by atoms with Crippen molar-refractivity contribution in [3.63, 3.8) is 0 Å². The molecule has 1 aromatic carbocycles. The van der Waals surface area contributed by atoms with Crippen molar-refractivity contribution in [1.82, 2.24) is 10.2 Å². The van der Waals surface area contributed by atoms with Crippen molar-refractivity contribution in [2.75, 3.05) is 44.3 Å². The Morgan fingerprint density at radius 1 is 1.37 bits per heavy atom. The van der Waals surface area contributed by atoms with Gasteiger partial charge in [0.15, 0.2) is 15.8 Å². The molecule has 0 aliphatic carbocycles. The number of morpholine rings is 1. The molecule has 2 atom stereocenters. The van der Waals surface area contributed by atoms with Gasteiger partial charge in [0.2, 0.25) is 0 Å². The molecule has 1 aromatic rings. The van der Waals surface area contributed by atoms with Crippen LogP contribution < -0.4 is 5.32 Å². The van der Waals surface area contributed by atoms with Crippen LogP contribution in [-0.4, -0.2) is 63.6 Å². The summed E-state index contributed by atoms with van der Waals surface area (Å²) in [6.45, 7) is 7.70. The molecule has 0 spiro atoms. The second-order valence-electron chi connectivity index (χ2n) is 7.13.